The van der Waals surface area contributed by atoms with Crippen molar-refractivity contribution >= 4 is 23.0 Å². The maximum absolute atomic E-state index is 12.8. The Kier molecular flexibility index (Phi) is 5.59. The van der Waals surface area contributed by atoms with Crippen LogP contribution < -0.4 is 10.7 Å². The van der Waals surface area contributed by atoms with Gasteiger partial charge >= 0.3 is 5.97 Å². The summed E-state index contributed by atoms with van der Waals surface area (Å²) in [6, 6.07) is 6.09. The molecule has 0 radical (unpaired) electrons. The van der Waals surface area contributed by atoms with Gasteiger partial charge in [-0.25, -0.2) is 9.78 Å². The molecule has 1 aliphatic heterocycles. The molecule has 9 heteroatoms. The Morgan fingerprint density at radius 2 is 2.00 bits per heavy atom. The minimum Gasteiger partial charge on any atom is -0.477 e. The number of fused-ring (bicyclic) bond motifs is 2. The summed E-state index contributed by atoms with van der Waals surface area (Å²) in [5.41, 5.74) is 2.87. The molecule has 166 valence electrons. The molecule has 5 rings (SSSR count). The van der Waals surface area contributed by atoms with E-state index < -0.39 is 11.4 Å². The summed E-state index contributed by atoms with van der Waals surface area (Å²) in [7, 11) is 0. The van der Waals surface area contributed by atoms with E-state index in [4.69, 9.17) is 4.74 Å². The van der Waals surface area contributed by atoms with Crippen LogP contribution in [0.1, 0.15) is 27.9 Å². The average molecular weight is 435 g/mol. The number of benzene rings is 1. The zero-order chi connectivity index (χ0) is 22.1. The summed E-state index contributed by atoms with van der Waals surface area (Å²) < 4.78 is 7.06. The fourth-order valence-electron chi connectivity index (χ4n) is 4.40. The number of carbonyl (C=O) groups is 1. The second kappa shape index (κ2) is 8.68. The maximum Gasteiger partial charge on any atom is 0.341 e. The first kappa shape index (κ1) is 20.6. The Bertz CT molecular complexity index is 1230. The van der Waals surface area contributed by atoms with E-state index in [0.29, 0.717) is 18.1 Å². The van der Waals surface area contributed by atoms with Crippen molar-refractivity contribution in [2.45, 2.75) is 19.3 Å². The largest absolute Gasteiger partial charge is 0.477 e. The highest BCUT2D eigenvalue weighted by Crippen LogP contribution is 2.26. The number of rotatable bonds is 6. The standard InChI is InChI=1S/C23H25N5O4/c29-20-18-13-25-23(24-6-7-27-8-10-32-11-9-27)26-21(18)28(14-19(20)22(30)31)17-5-4-15-2-1-3-16(15)12-17/h4-5,12-14H,1-3,6-11H2,(H,30,31)(H,24,25,26). The molecule has 9 nitrogen and oxygen atoms in total. The van der Waals surface area contributed by atoms with Crippen LogP contribution in [0.2, 0.25) is 0 Å². The minimum absolute atomic E-state index is 0.184. The van der Waals surface area contributed by atoms with Crippen molar-refractivity contribution in [3.8, 4) is 5.69 Å². The van der Waals surface area contributed by atoms with Gasteiger partial charge in [0.15, 0.2) is 5.65 Å². The van der Waals surface area contributed by atoms with E-state index in [1.54, 1.807) is 4.57 Å². The Hall–Kier alpha value is -3.30. The highest BCUT2D eigenvalue weighted by molar-refractivity contribution is 5.92. The van der Waals surface area contributed by atoms with Crippen LogP contribution in [-0.4, -0.2) is 69.9 Å². The van der Waals surface area contributed by atoms with E-state index in [2.05, 4.69) is 32.3 Å². The van der Waals surface area contributed by atoms with Crippen molar-refractivity contribution in [1.29, 1.82) is 0 Å². The maximum atomic E-state index is 12.8. The molecule has 2 N–H and O–H groups in total. The van der Waals surface area contributed by atoms with Crippen LogP contribution in [0.3, 0.4) is 0 Å². The molecule has 1 aromatic carbocycles. The van der Waals surface area contributed by atoms with Crippen molar-refractivity contribution in [3.63, 3.8) is 0 Å². The topological polar surface area (TPSA) is 110 Å². The predicted octanol–water partition coefficient (Wildman–Crippen LogP) is 1.71. The van der Waals surface area contributed by atoms with Crippen LogP contribution in [0.25, 0.3) is 16.7 Å². The van der Waals surface area contributed by atoms with Gasteiger partial charge in [0.05, 0.1) is 18.6 Å². The number of ether oxygens (including phenoxy) is 1. The van der Waals surface area contributed by atoms with Gasteiger partial charge in [-0.3, -0.25) is 9.69 Å². The van der Waals surface area contributed by atoms with Crippen molar-refractivity contribution in [2.24, 2.45) is 0 Å². The average Bonchev–Trinajstić information content (AvgIpc) is 3.28. The number of anilines is 1. The molecule has 3 heterocycles. The smallest absolute Gasteiger partial charge is 0.341 e. The fourth-order valence-corrected chi connectivity index (χ4v) is 4.40. The van der Waals surface area contributed by atoms with Gasteiger partial charge in [0, 0.05) is 44.3 Å². The number of pyridine rings is 1. The van der Waals surface area contributed by atoms with E-state index in [1.165, 1.54) is 23.5 Å². The van der Waals surface area contributed by atoms with Crippen molar-refractivity contribution in [3.05, 3.63) is 57.5 Å². The Morgan fingerprint density at radius 1 is 1.19 bits per heavy atom. The molecule has 3 aromatic rings. The lowest BCUT2D eigenvalue weighted by molar-refractivity contribution is 0.0398. The van der Waals surface area contributed by atoms with Gasteiger partial charge in [-0.2, -0.15) is 4.98 Å². The third-order valence-corrected chi connectivity index (χ3v) is 6.15. The molecule has 1 fully saturated rings. The van der Waals surface area contributed by atoms with Crippen LogP contribution in [0.4, 0.5) is 5.95 Å². The normalized spacial score (nSPS) is 16.2. The third-order valence-electron chi connectivity index (χ3n) is 6.15. The number of aromatic nitrogens is 3. The van der Waals surface area contributed by atoms with E-state index >= 15 is 0 Å². The highest BCUT2D eigenvalue weighted by atomic mass is 16.5. The molecule has 1 aliphatic carbocycles. The molecule has 1 saturated heterocycles. The van der Waals surface area contributed by atoms with Gasteiger partial charge < -0.3 is 19.7 Å². The van der Waals surface area contributed by atoms with Gasteiger partial charge in [-0.15, -0.1) is 0 Å². The molecule has 0 spiro atoms. The lowest BCUT2D eigenvalue weighted by atomic mass is 10.1. The summed E-state index contributed by atoms with van der Waals surface area (Å²) in [4.78, 5) is 35.6. The van der Waals surface area contributed by atoms with Crippen LogP contribution in [0.5, 0.6) is 0 Å². The molecule has 0 atom stereocenters. The Balaban J connectivity index is 1.51. The van der Waals surface area contributed by atoms with E-state index in [-0.39, 0.29) is 10.9 Å². The third kappa shape index (κ3) is 3.96. The highest BCUT2D eigenvalue weighted by Gasteiger charge is 2.19. The monoisotopic (exact) mass is 435 g/mol. The van der Waals surface area contributed by atoms with Gasteiger partial charge in [0.2, 0.25) is 11.4 Å². The number of nitrogens with one attached hydrogen (secondary N) is 1. The first-order chi connectivity index (χ1) is 15.6. The first-order valence-corrected chi connectivity index (χ1v) is 10.9. The van der Waals surface area contributed by atoms with Crippen LogP contribution in [0.15, 0.2) is 35.4 Å². The van der Waals surface area contributed by atoms with Crippen LogP contribution >= 0.6 is 0 Å². The number of carboxylic acid groups (broad SMARTS) is 1. The number of morpholine rings is 1. The lowest BCUT2D eigenvalue weighted by Crippen LogP contribution is -2.39. The summed E-state index contributed by atoms with van der Waals surface area (Å²) in [6.45, 7) is 4.77. The number of aryl methyl sites for hydroxylation is 2. The summed E-state index contributed by atoms with van der Waals surface area (Å²) in [5, 5.41) is 13.0. The molecular formula is C23H25N5O4. The van der Waals surface area contributed by atoms with Gasteiger partial charge in [0.1, 0.15) is 5.56 Å². The van der Waals surface area contributed by atoms with Gasteiger partial charge in [-0.1, -0.05) is 6.07 Å². The zero-order valence-electron chi connectivity index (χ0n) is 17.7. The van der Waals surface area contributed by atoms with Gasteiger partial charge in [-0.05, 0) is 42.5 Å². The zero-order valence-corrected chi connectivity index (χ0v) is 17.7. The fraction of sp³-hybridized carbons (Fsp3) is 0.391. The van der Waals surface area contributed by atoms with Gasteiger partial charge in [0.25, 0.3) is 0 Å². The summed E-state index contributed by atoms with van der Waals surface area (Å²) >= 11 is 0. The second-order valence-corrected chi connectivity index (χ2v) is 8.17. The minimum atomic E-state index is -1.26. The predicted molar refractivity (Wildman–Crippen MR) is 120 cm³/mol. The summed E-state index contributed by atoms with van der Waals surface area (Å²) in [5.74, 6) is -0.859. The van der Waals surface area contributed by atoms with Crippen LogP contribution in [0, 0.1) is 0 Å². The van der Waals surface area contributed by atoms with Crippen molar-refractivity contribution in [1.82, 2.24) is 19.4 Å². The van der Waals surface area contributed by atoms with Crippen molar-refractivity contribution < 1.29 is 14.6 Å². The second-order valence-electron chi connectivity index (χ2n) is 8.17. The molecule has 32 heavy (non-hydrogen) atoms. The van der Waals surface area contributed by atoms with Crippen molar-refractivity contribution in [2.75, 3.05) is 44.7 Å². The molecule has 0 amide bonds. The number of nitrogens with zero attached hydrogens (tertiary/aromatic N) is 4. The molecule has 2 aliphatic rings. The lowest BCUT2D eigenvalue weighted by Gasteiger charge is -2.26. The number of hydrogen-bond donors (Lipinski definition) is 2. The molecule has 0 bridgehead atoms. The molecule has 0 saturated carbocycles. The molecule has 0 unspecified atom stereocenters. The Morgan fingerprint density at radius 3 is 2.81 bits per heavy atom. The molecular weight excluding hydrogens is 410 g/mol. The first-order valence-electron chi connectivity index (χ1n) is 10.9. The summed E-state index contributed by atoms with van der Waals surface area (Å²) in [6.07, 6.45) is 5.95. The molecule has 2 aromatic heterocycles. The number of hydrogen-bond acceptors (Lipinski definition) is 7. The SMILES string of the molecule is O=C(O)c1cn(-c2ccc3c(c2)CCC3)c2nc(NCCN3CCOCC3)ncc2c1=O. The Labute approximate surface area is 184 Å². The van der Waals surface area contributed by atoms with E-state index in [9.17, 15) is 14.7 Å². The van der Waals surface area contributed by atoms with Crippen LogP contribution in [-0.2, 0) is 17.6 Å². The van der Waals surface area contributed by atoms with E-state index in [1.807, 2.05) is 6.07 Å². The quantitative estimate of drug-likeness (QED) is 0.602. The number of aromatic carboxylic acids is 1. The number of carboxylic acids is 1. The van der Waals surface area contributed by atoms with E-state index in [0.717, 1.165) is 57.8 Å².